The Hall–Kier alpha value is -2.47. The van der Waals surface area contributed by atoms with Gasteiger partial charge in [-0.25, -0.2) is 0 Å². The quantitative estimate of drug-likeness (QED) is 0.367. The van der Waals surface area contributed by atoms with Gasteiger partial charge in [0, 0.05) is 26.6 Å². The highest BCUT2D eigenvalue weighted by molar-refractivity contribution is 5.79. The van der Waals surface area contributed by atoms with E-state index in [0.29, 0.717) is 19.8 Å². The van der Waals surface area contributed by atoms with Crippen LogP contribution in [0.2, 0.25) is 0 Å². The Balaban J connectivity index is 1.79. The molecule has 0 unspecified atom stereocenters. The molecule has 0 saturated heterocycles. The fraction of sp³-hybridized carbons (Fsp3) is 0.450. The Morgan fingerprint density at radius 1 is 1.12 bits per heavy atom. The lowest BCUT2D eigenvalue weighted by Crippen LogP contribution is -2.39. The molecule has 0 saturated carbocycles. The van der Waals surface area contributed by atoms with Crippen LogP contribution in [-0.2, 0) is 17.6 Å². The minimum Gasteiger partial charge on any atom is -0.494 e. The van der Waals surface area contributed by atoms with E-state index in [1.54, 1.807) is 13.4 Å². The van der Waals surface area contributed by atoms with Crippen LogP contribution in [0.1, 0.15) is 18.2 Å². The van der Waals surface area contributed by atoms with E-state index in [1.165, 1.54) is 5.56 Å². The number of hydrogen-bond donors (Lipinski definition) is 2. The topological polar surface area (TPSA) is 68.0 Å². The van der Waals surface area contributed by atoms with Crippen LogP contribution in [0.25, 0.3) is 0 Å². The summed E-state index contributed by atoms with van der Waals surface area (Å²) in [5.41, 5.74) is 1.23. The fourth-order valence-corrected chi connectivity index (χ4v) is 2.46. The van der Waals surface area contributed by atoms with Gasteiger partial charge in [0.1, 0.15) is 11.5 Å². The number of rotatable bonds is 11. The van der Waals surface area contributed by atoms with Crippen molar-refractivity contribution in [1.82, 2.24) is 10.6 Å². The summed E-state index contributed by atoms with van der Waals surface area (Å²) in [5.74, 6) is 2.66. The molecule has 0 aliphatic heterocycles. The van der Waals surface area contributed by atoms with Gasteiger partial charge in [-0.2, -0.15) is 0 Å². The van der Waals surface area contributed by atoms with Crippen LogP contribution >= 0.6 is 0 Å². The summed E-state index contributed by atoms with van der Waals surface area (Å²) in [7, 11) is 1.68. The fourth-order valence-electron chi connectivity index (χ4n) is 2.46. The number of hydrogen-bond acceptors (Lipinski definition) is 4. The van der Waals surface area contributed by atoms with Gasteiger partial charge in [-0.15, -0.1) is 0 Å². The number of benzene rings is 1. The molecule has 0 spiro atoms. The summed E-state index contributed by atoms with van der Waals surface area (Å²) in [4.78, 5) is 4.52. The van der Waals surface area contributed by atoms with Crippen LogP contribution in [0.3, 0.4) is 0 Å². The van der Waals surface area contributed by atoms with E-state index in [2.05, 4.69) is 27.8 Å². The Morgan fingerprint density at radius 3 is 2.69 bits per heavy atom. The van der Waals surface area contributed by atoms with E-state index in [0.717, 1.165) is 43.4 Å². The second-order valence-electron chi connectivity index (χ2n) is 5.74. The summed E-state index contributed by atoms with van der Waals surface area (Å²) >= 11 is 0. The molecule has 1 aromatic carbocycles. The minimum atomic E-state index is 0.599. The molecule has 6 nitrogen and oxygen atoms in total. The van der Waals surface area contributed by atoms with Crippen molar-refractivity contribution in [3.05, 3.63) is 54.0 Å². The van der Waals surface area contributed by atoms with Crippen LogP contribution in [0.4, 0.5) is 0 Å². The minimum absolute atomic E-state index is 0.599. The number of aliphatic imine (C=N–C) groups is 1. The predicted octanol–water partition coefficient (Wildman–Crippen LogP) is 2.65. The average Bonchev–Trinajstić information content (AvgIpc) is 3.16. The molecule has 6 heteroatoms. The van der Waals surface area contributed by atoms with Crippen molar-refractivity contribution in [2.45, 2.75) is 19.8 Å². The molecule has 2 aromatic rings. The van der Waals surface area contributed by atoms with Gasteiger partial charge in [0.05, 0.1) is 26.0 Å². The smallest absolute Gasteiger partial charge is 0.191 e. The van der Waals surface area contributed by atoms with Gasteiger partial charge in [0.15, 0.2) is 5.96 Å². The Bertz CT molecular complexity index is 642. The van der Waals surface area contributed by atoms with E-state index in [9.17, 15) is 0 Å². The number of guanidine groups is 1. The lowest BCUT2D eigenvalue weighted by molar-refractivity contribution is 0.208. The van der Waals surface area contributed by atoms with Crippen LogP contribution in [0.15, 0.2) is 52.1 Å². The van der Waals surface area contributed by atoms with Gasteiger partial charge in [0.25, 0.3) is 0 Å². The first-order valence-electron chi connectivity index (χ1n) is 9.07. The highest BCUT2D eigenvalue weighted by atomic mass is 16.5. The van der Waals surface area contributed by atoms with Crippen LogP contribution in [0.5, 0.6) is 5.75 Å². The molecule has 0 radical (unpaired) electrons. The van der Waals surface area contributed by atoms with E-state index in [4.69, 9.17) is 13.9 Å². The van der Waals surface area contributed by atoms with Gasteiger partial charge in [0.2, 0.25) is 0 Å². The number of ether oxygens (including phenoxy) is 2. The maximum atomic E-state index is 5.55. The summed E-state index contributed by atoms with van der Waals surface area (Å²) in [5, 5.41) is 6.70. The summed E-state index contributed by atoms with van der Waals surface area (Å²) in [6, 6.07) is 12.1. The number of methoxy groups -OCH3 is 1. The van der Waals surface area contributed by atoms with Crippen molar-refractivity contribution in [2.24, 2.45) is 4.99 Å². The van der Waals surface area contributed by atoms with Crippen molar-refractivity contribution in [3.8, 4) is 5.75 Å². The first-order valence-corrected chi connectivity index (χ1v) is 9.07. The molecule has 0 atom stereocenters. The van der Waals surface area contributed by atoms with Gasteiger partial charge in [-0.1, -0.05) is 12.1 Å². The third-order valence-electron chi connectivity index (χ3n) is 3.72. The van der Waals surface area contributed by atoms with E-state index in [1.807, 2.05) is 31.2 Å². The molecular weight excluding hydrogens is 330 g/mol. The highest BCUT2D eigenvalue weighted by Crippen LogP contribution is 2.13. The van der Waals surface area contributed by atoms with Gasteiger partial charge in [-0.05, 0) is 43.2 Å². The highest BCUT2D eigenvalue weighted by Gasteiger charge is 2.02. The largest absolute Gasteiger partial charge is 0.494 e. The average molecular weight is 359 g/mol. The molecule has 0 bridgehead atoms. The predicted molar refractivity (Wildman–Crippen MR) is 104 cm³/mol. The molecule has 2 N–H and O–H groups in total. The zero-order valence-corrected chi connectivity index (χ0v) is 15.7. The van der Waals surface area contributed by atoms with Crippen LogP contribution < -0.4 is 15.4 Å². The molecule has 1 heterocycles. The third-order valence-corrected chi connectivity index (χ3v) is 3.72. The molecule has 0 amide bonds. The van der Waals surface area contributed by atoms with Gasteiger partial charge in [-0.3, -0.25) is 4.99 Å². The normalized spacial score (nSPS) is 11.4. The van der Waals surface area contributed by atoms with Crippen LogP contribution in [-0.4, -0.2) is 45.9 Å². The molecule has 2 rings (SSSR count). The summed E-state index contributed by atoms with van der Waals surface area (Å²) in [6.45, 7) is 5.43. The monoisotopic (exact) mass is 359 g/mol. The zero-order chi connectivity index (χ0) is 18.5. The third kappa shape index (κ3) is 7.61. The summed E-state index contributed by atoms with van der Waals surface area (Å²) in [6.07, 6.45) is 3.40. The summed E-state index contributed by atoms with van der Waals surface area (Å²) < 4.78 is 16.0. The first kappa shape index (κ1) is 19.8. The number of nitrogens with one attached hydrogen (secondary N) is 2. The second-order valence-corrected chi connectivity index (χ2v) is 5.74. The molecule has 26 heavy (non-hydrogen) atoms. The van der Waals surface area contributed by atoms with Crippen molar-refractivity contribution >= 4 is 5.96 Å². The van der Waals surface area contributed by atoms with Crippen molar-refractivity contribution < 1.29 is 13.9 Å². The van der Waals surface area contributed by atoms with Gasteiger partial charge < -0.3 is 24.5 Å². The van der Waals surface area contributed by atoms with E-state index < -0.39 is 0 Å². The zero-order valence-electron chi connectivity index (χ0n) is 15.7. The molecular formula is C20H29N3O3. The molecule has 0 aliphatic carbocycles. The van der Waals surface area contributed by atoms with Crippen molar-refractivity contribution in [1.29, 1.82) is 0 Å². The second kappa shape index (κ2) is 12.0. The standard InChI is InChI=1S/C20H29N3O3/c1-3-25-19-7-4-6-17(16-19)9-11-21-20(23-13-15-24-2)22-12-10-18-8-5-14-26-18/h4-8,14,16H,3,9-13,15H2,1-2H3,(H2,21,22,23). The Labute approximate surface area is 155 Å². The molecule has 0 fully saturated rings. The lowest BCUT2D eigenvalue weighted by Gasteiger charge is -2.13. The Morgan fingerprint density at radius 2 is 1.96 bits per heavy atom. The molecule has 1 aromatic heterocycles. The Kier molecular flexibility index (Phi) is 9.14. The van der Waals surface area contributed by atoms with Crippen molar-refractivity contribution in [2.75, 3.05) is 40.0 Å². The number of nitrogens with zero attached hydrogens (tertiary/aromatic N) is 1. The van der Waals surface area contributed by atoms with Crippen molar-refractivity contribution in [3.63, 3.8) is 0 Å². The molecule has 142 valence electrons. The maximum absolute atomic E-state index is 5.55. The molecule has 0 aliphatic rings. The van der Waals surface area contributed by atoms with E-state index in [-0.39, 0.29) is 0 Å². The maximum Gasteiger partial charge on any atom is 0.191 e. The van der Waals surface area contributed by atoms with Gasteiger partial charge >= 0.3 is 0 Å². The lowest BCUT2D eigenvalue weighted by atomic mass is 10.1. The van der Waals surface area contributed by atoms with E-state index >= 15 is 0 Å². The number of furan rings is 1. The first-order chi connectivity index (χ1) is 12.8. The van der Waals surface area contributed by atoms with Crippen LogP contribution in [0, 0.1) is 0 Å². The SMILES string of the molecule is CCOc1cccc(CCNC(=NCCOC)NCCc2ccco2)c1.